The largest absolute Gasteiger partial charge is 0.479 e. The molecule has 1 heterocycles. The number of rotatable bonds is 3. The van der Waals surface area contributed by atoms with Crippen molar-refractivity contribution >= 4 is 5.91 Å². The van der Waals surface area contributed by atoms with Gasteiger partial charge in [0.05, 0.1) is 19.2 Å². The van der Waals surface area contributed by atoms with E-state index in [0.717, 1.165) is 6.42 Å². The third-order valence-electron chi connectivity index (χ3n) is 3.72. The van der Waals surface area contributed by atoms with E-state index in [9.17, 15) is 4.79 Å². The molecule has 0 saturated heterocycles. The molecule has 3 rings (SSSR count). The summed E-state index contributed by atoms with van der Waals surface area (Å²) in [5, 5.41) is 6.62. The molecule has 5 heteroatoms. The van der Waals surface area contributed by atoms with Gasteiger partial charge in [0.25, 0.3) is 11.8 Å². The summed E-state index contributed by atoms with van der Waals surface area (Å²) < 4.78 is 9.86. The van der Waals surface area contributed by atoms with Crippen molar-refractivity contribution in [2.75, 3.05) is 7.11 Å². The molecule has 0 radical (unpaired) electrons. The zero-order valence-electron chi connectivity index (χ0n) is 11.4. The molecule has 5 nitrogen and oxygen atoms in total. The van der Waals surface area contributed by atoms with Crippen LogP contribution in [0, 0.1) is 0 Å². The first kappa shape index (κ1) is 12.7. The van der Waals surface area contributed by atoms with Gasteiger partial charge in [0.15, 0.2) is 0 Å². The van der Waals surface area contributed by atoms with Gasteiger partial charge in [-0.1, -0.05) is 31.2 Å². The van der Waals surface area contributed by atoms with Crippen LogP contribution in [-0.4, -0.2) is 18.2 Å². The highest BCUT2D eigenvalue weighted by Crippen LogP contribution is 2.39. The van der Waals surface area contributed by atoms with Crippen molar-refractivity contribution in [1.29, 1.82) is 0 Å². The summed E-state index contributed by atoms with van der Waals surface area (Å²) in [6.07, 6.45) is 0.899. The average molecular weight is 272 g/mol. The summed E-state index contributed by atoms with van der Waals surface area (Å²) in [6, 6.07) is 9.70. The first-order chi connectivity index (χ1) is 9.69. The Balaban J connectivity index is 1.77. The fraction of sp³-hybridized carbons (Fsp3) is 0.333. The number of benzene rings is 1. The maximum absolute atomic E-state index is 12.1. The van der Waals surface area contributed by atoms with Gasteiger partial charge in [0, 0.05) is 0 Å². The summed E-state index contributed by atoms with van der Waals surface area (Å²) in [5.74, 6) is 0.643. The Morgan fingerprint density at radius 2 is 2.15 bits per heavy atom. The number of amides is 1. The van der Waals surface area contributed by atoms with Crippen molar-refractivity contribution in [1.82, 2.24) is 10.5 Å². The molecular formula is C15H16N2O3. The first-order valence-corrected chi connectivity index (χ1v) is 6.59. The predicted molar refractivity (Wildman–Crippen MR) is 72.7 cm³/mol. The van der Waals surface area contributed by atoms with Gasteiger partial charge in [-0.3, -0.25) is 4.79 Å². The van der Waals surface area contributed by atoms with E-state index in [0.29, 0.717) is 11.8 Å². The van der Waals surface area contributed by atoms with Crippen LogP contribution >= 0.6 is 0 Å². The van der Waals surface area contributed by atoms with Gasteiger partial charge in [-0.05, 0) is 28.6 Å². The molecule has 0 aliphatic heterocycles. The average Bonchev–Trinajstić information content (AvgIpc) is 3.05. The third kappa shape index (κ3) is 2.15. The molecule has 1 N–H and O–H groups in total. The molecule has 0 spiro atoms. The lowest BCUT2D eigenvalue weighted by Gasteiger charge is -2.12. The third-order valence-corrected chi connectivity index (χ3v) is 3.72. The number of nitrogens with zero attached hydrogens (tertiary/aromatic N) is 1. The Morgan fingerprint density at radius 1 is 1.40 bits per heavy atom. The number of ether oxygens (including phenoxy) is 1. The predicted octanol–water partition coefficient (Wildman–Crippen LogP) is 2.66. The molecule has 20 heavy (non-hydrogen) atoms. The second kappa shape index (κ2) is 5.00. The Kier molecular flexibility index (Phi) is 3.18. The van der Waals surface area contributed by atoms with E-state index < -0.39 is 0 Å². The van der Waals surface area contributed by atoms with Crippen molar-refractivity contribution < 1.29 is 14.1 Å². The van der Waals surface area contributed by atoms with Crippen molar-refractivity contribution in [3.8, 4) is 5.88 Å². The van der Waals surface area contributed by atoms with Crippen molar-refractivity contribution in [2.24, 2.45) is 0 Å². The molecule has 0 fully saturated rings. The molecule has 1 aromatic heterocycles. The molecular weight excluding hydrogens is 256 g/mol. The van der Waals surface area contributed by atoms with Crippen LogP contribution in [0.3, 0.4) is 0 Å². The van der Waals surface area contributed by atoms with Crippen LogP contribution in [0.5, 0.6) is 5.88 Å². The van der Waals surface area contributed by atoms with Gasteiger partial charge < -0.3 is 14.6 Å². The smallest absolute Gasteiger partial charge is 0.290 e. The van der Waals surface area contributed by atoms with E-state index in [1.54, 1.807) is 0 Å². The summed E-state index contributed by atoms with van der Waals surface area (Å²) in [6.45, 7) is 2.17. The molecule has 2 atom stereocenters. The second-order valence-corrected chi connectivity index (χ2v) is 5.03. The molecule has 1 amide bonds. The lowest BCUT2D eigenvalue weighted by atomic mass is 10.0. The van der Waals surface area contributed by atoms with E-state index in [1.807, 2.05) is 12.1 Å². The Morgan fingerprint density at radius 3 is 2.85 bits per heavy atom. The molecule has 1 aliphatic rings. The summed E-state index contributed by atoms with van der Waals surface area (Å²) in [4.78, 5) is 12.1. The van der Waals surface area contributed by atoms with Crippen molar-refractivity contribution in [3.05, 3.63) is 47.2 Å². The standard InChI is InChI=1S/C15H16N2O3/c1-9-7-12(11-6-4-3-5-10(9)11)16-15(18)13-8-14(19-2)17-20-13/h3-6,8-9,12H,7H2,1-2H3,(H,16,18)/t9-,12-/m1/s1. The number of methoxy groups -OCH3 is 1. The van der Waals surface area contributed by atoms with Crippen LogP contribution < -0.4 is 10.1 Å². The molecule has 0 unspecified atom stereocenters. The maximum atomic E-state index is 12.1. The Bertz CT molecular complexity index is 636. The SMILES string of the molecule is COc1cc(C(=O)N[C@@H]2C[C@@H](C)c3ccccc32)on1. The minimum atomic E-state index is -0.269. The van der Waals surface area contributed by atoms with Gasteiger partial charge in [-0.15, -0.1) is 0 Å². The topological polar surface area (TPSA) is 64.4 Å². The van der Waals surface area contributed by atoms with Gasteiger partial charge >= 0.3 is 0 Å². The van der Waals surface area contributed by atoms with Gasteiger partial charge in [-0.2, -0.15) is 0 Å². The van der Waals surface area contributed by atoms with Crippen LogP contribution in [0.1, 0.15) is 47.0 Å². The van der Waals surface area contributed by atoms with Crippen LogP contribution in [-0.2, 0) is 0 Å². The monoisotopic (exact) mass is 272 g/mol. The zero-order valence-corrected chi connectivity index (χ0v) is 11.4. The molecule has 2 aromatic rings. The quantitative estimate of drug-likeness (QED) is 0.933. The number of hydrogen-bond acceptors (Lipinski definition) is 4. The van der Waals surface area contributed by atoms with Gasteiger partial charge in [0.1, 0.15) is 0 Å². The molecule has 0 saturated carbocycles. The minimum absolute atomic E-state index is 0.0183. The van der Waals surface area contributed by atoms with Gasteiger partial charge in [0.2, 0.25) is 5.76 Å². The van der Waals surface area contributed by atoms with Crippen LogP contribution in [0.25, 0.3) is 0 Å². The summed E-state index contributed by atoms with van der Waals surface area (Å²) in [7, 11) is 1.48. The number of nitrogens with one attached hydrogen (secondary N) is 1. The van der Waals surface area contributed by atoms with E-state index >= 15 is 0 Å². The Labute approximate surface area is 116 Å². The Hall–Kier alpha value is -2.30. The number of aromatic nitrogens is 1. The zero-order chi connectivity index (χ0) is 14.1. The molecule has 0 bridgehead atoms. The summed E-state index contributed by atoms with van der Waals surface area (Å²) in [5.41, 5.74) is 2.48. The molecule has 104 valence electrons. The number of carbonyl (C=O) groups excluding carboxylic acids is 1. The molecule has 1 aliphatic carbocycles. The van der Waals surface area contributed by atoms with Crippen LogP contribution in [0.2, 0.25) is 0 Å². The minimum Gasteiger partial charge on any atom is -0.479 e. The van der Waals surface area contributed by atoms with E-state index in [1.165, 1.54) is 24.3 Å². The maximum Gasteiger partial charge on any atom is 0.290 e. The van der Waals surface area contributed by atoms with Crippen LogP contribution in [0.4, 0.5) is 0 Å². The fourth-order valence-corrected chi connectivity index (χ4v) is 2.71. The van der Waals surface area contributed by atoms with E-state index in [4.69, 9.17) is 9.26 Å². The highest BCUT2D eigenvalue weighted by Gasteiger charge is 2.29. The summed E-state index contributed by atoms with van der Waals surface area (Å²) >= 11 is 0. The molecule has 1 aromatic carbocycles. The highest BCUT2D eigenvalue weighted by molar-refractivity contribution is 5.92. The van der Waals surface area contributed by atoms with Crippen LogP contribution in [0.15, 0.2) is 34.9 Å². The van der Waals surface area contributed by atoms with Crippen molar-refractivity contribution in [2.45, 2.75) is 25.3 Å². The second-order valence-electron chi connectivity index (χ2n) is 5.03. The number of carbonyl (C=O) groups is 1. The van der Waals surface area contributed by atoms with Gasteiger partial charge in [-0.25, -0.2) is 0 Å². The normalized spacial score (nSPS) is 20.5. The van der Waals surface area contributed by atoms with E-state index in [2.05, 4.69) is 29.5 Å². The fourth-order valence-electron chi connectivity index (χ4n) is 2.71. The van der Waals surface area contributed by atoms with E-state index in [-0.39, 0.29) is 17.7 Å². The lowest BCUT2D eigenvalue weighted by molar-refractivity contribution is 0.0898. The lowest BCUT2D eigenvalue weighted by Crippen LogP contribution is -2.26. The number of fused-ring (bicyclic) bond motifs is 1. The number of hydrogen-bond donors (Lipinski definition) is 1. The highest BCUT2D eigenvalue weighted by atomic mass is 16.5. The first-order valence-electron chi connectivity index (χ1n) is 6.59. The van der Waals surface area contributed by atoms with Crippen molar-refractivity contribution in [3.63, 3.8) is 0 Å².